The Hall–Kier alpha value is -0.570. The first-order valence-electron chi connectivity index (χ1n) is 6.18. The summed E-state index contributed by atoms with van der Waals surface area (Å²) < 4.78 is 5.31. The van der Waals surface area contributed by atoms with Gasteiger partial charge in [-0.3, -0.25) is 4.79 Å². The lowest BCUT2D eigenvalue weighted by Crippen LogP contribution is -2.45. The molecule has 0 amide bonds. The summed E-state index contributed by atoms with van der Waals surface area (Å²) in [7, 11) is 0. The highest BCUT2D eigenvalue weighted by Gasteiger charge is 2.32. The van der Waals surface area contributed by atoms with Crippen molar-refractivity contribution in [3.8, 4) is 0 Å². The normalized spacial score (nSPS) is 21.1. The van der Waals surface area contributed by atoms with Gasteiger partial charge in [0.25, 0.3) is 0 Å². The molecule has 16 heavy (non-hydrogen) atoms. The van der Waals surface area contributed by atoms with Crippen LogP contribution >= 0.6 is 0 Å². The SMILES string of the molecule is CC(NCC1(C)CCC1)C(=O)OC(C)(C)C. The maximum atomic E-state index is 11.7. The smallest absolute Gasteiger partial charge is 0.323 e. The minimum atomic E-state index is -0.395. The van der Waals surface area contributed by atoms with Crippen LogP contribution in [-0.4, -0.2) is 24.2 Å². The van der Waals surface area contributed by atoms with Crippen LogP contribution in [0.15, 0.2) is 0 Å². The lowest BCUT2D eigenvalue weighted by atomic mass is 9.70. The molecule has 94 valence electrons. The van der Waals surface area contributed by atoms with Gasteiger partial charge in [-0.15, -0.1) is 0 Å². The minimum absolute atomic E-state index is 0.157. The molecule has 1 aliphatic rings. The number of hydrogen-bond acceptors (Lipinski definition) is 3. The van der Waals surface area contributed by atoms with E-state index in [2.05, 4.69) is 12.2 Å². The van der Waals surface area contributed by atoms with E-state index in [1.165, 1.54) is 19.3 Å². The molecule has 0 aliphatic heterocycles. The Bertz CT molecular complexity index is 251. The Morgan fingerprint density at radius 1 is 1.44 bits per heavy atom. The number of hydrogen-bond donors (Lipinski definition) is 1. The van der Waals surface area contributed by atoms with Gasteiger partial charge >= 0.3 is 5.97 Å². The van der Waals surface area contributed by atoms with Crippen molar-refractivity contribution >= 4 is 5.97 Å². The van der Waals surface area contributed by atoms with E-state index < -0.39 is 5.60 Å². The van der Waals surface area contributed by atoms with E-state index in [-0.39, 0.29) is 12.0 Å². The summed E-state index contributed by atoms with van der Waals surface area (Å²) in [5, 5.41) is 3.27. The lowest BCUT2D eigenvalue weighted by Gasteiger charge is -2.39. The third kappa shape index (κ3) is 4.12. The second-order valence-corrected chi connectivity index (χ2v) is 6.30. The number of esters is 1. The molecule has 1 rings (SSSR count). The summed E-state index contributed by atoms with van der Waals surface area (Å²) in [6.07, 6.45) is 3.85. The summed E-state index contributed by atoms with van der Waals surface area (Å²) in [4.78, 5) is 11.7. The topological polar surface area (TPSA) is 38.3 Å². The minimum Gasteiger partial charge on any atom is -0.459 e. The Kier molecular flexibility index (Phi) is 4.00. The lowest BCUT2D eigenvalue weighted by molar-refractivity contribution is -0.157. The van der Waals surface area contributed by atoms with Gasteiger partial charge in [0.2, 0.25) is 0 Å². The Morgan fingerprint density at radius 2 is 2.00 bits per heavy atom. The van der Waals surface area contributed by atoms with Gasteiger partial charge in [0.05, 0.1) is 0 Å². The zero-order chi connectivity index (χ0) is 12.4. The fraction of sp³-hybridized carbons (Fsp3) is 0.923. The van der Waals surface area contributed by atoms with Crippen molar-refractivity contribution in [2.75, 3.05) is 6.54 Å². The fourth-order valence-corrected chi connectivity index (χ4v) is 1.83. The highest BCUT2D eigenvalue weighted by Crippen LogP contribution is 2.39. The van der Waals surface area contributed by atoms with E-state index >= 15 is 0 Å². The third-order valence-electron chi connectivity index (χ3n) is 3.16. The van der Waals surface area contributed by atoms with Gasteiger partial charge in [-0.1, -0.05) is 13.3 Å². The van der Waals surface area contributed by atoms with Gasteiger partial charge in [-0.2, -0.15) is 0 Å². The monoisotopic (exact) mass is 227 g/mol. The average molecular weight is 227 g/mol. The van der Waals surface area contributed by atoms with Crippen LogP contribution in [0.1, 0.15) is 53.9 Å². The van der Waals surface area contributed by atoms with Crippen LogP contribution in [-0.2, 0) is 9.53 Å². The summed E-state index contributed by atoms with van der Waals surface area (Å²) in [6, 6.07) is -0.211. The predicted molar refractivity (Wildman–Crippen MR) is 65.3 cm³/mol. The molecule has 0 spiro atoms. The van der Waals surface area contributed by atoms with Crippen molar-refractivity contribution < 1.29 is 9.53 Å². The Labute approximate surface area is 98.9 Å². The molecule has 1 N–H and O–H groups in total. The zero-order valence-corrected chi connectivity index (χ0v) is 11.2. The first-order chi connectivity index (χ1) is 7.22. The maximum Gasteiger partial charge on any atom is 0.323 e. The highest BCUT2D eigenvalue weighted by atomic mass is 16.6. The molecule has 0 aromatic rings. The second kappa shape index (κ2) is 4.74. The molecular formula is C13H25NO2. The standard InChI is InChI=1S/C13H25NO2/c1-10(11(15)16-12(2,3)4)14-9-13(5)7-6-8-13/h10,14H,6-9H2,1-5H3. The molecule has 0 aromatic carbocycles. The molecule has 0 bridgehead atoms. The van der Waals surface area contributed by atoms with E-state index in [1.54, 1.807) is 0 Å². The predicted octanol–water partition coefficient (Wildman–Crippen LogP) is 2.50. The highest BCUT2D eigenvalue weighted by molar-refractivity contribution is 5.75. The molecule has 0 radical (unpaired) electrons. The van der Waals surface area contributed by atoms with Crippen molar-refractivity contribution in [2.24, 2.45) is 5.41 Å². The van der Waals surface area contributed by atoms with E-state index in [4.69, 9.17) is 4.74 Å². The van der Waals surface area contributed by atoms with Crippen molar-refractivity contribution in [3.05, 3.63) is 0 Å². The van der Waals surface area contributed by atoms with E-state index in [9.17, 15) is 4.79 Å². The van der Waals surface area contributed by atoms with Gasteiger partial charge in [-0.05, 0) is 46.0 Å². The molecule has 0 saturated heterocycles. The summed E-state index contributed by atoms with van der Waals surface area (Å²) in [6.45, 7) is 10.7. The van der Waals surface area contributed by atoms with Gasteiger partial charge in [0, 0.05) is 6.54 Å². The molecule has 1 fully saturated rings. The summed E-state index contributed by atoms with van der Waals surface area (Å²) >= 11 is 0. The van der Waals surface area contributed by atoms with E-state index in [0.29, 0.717) is 5.41 Å². The second-order valence-electron chi connectivity index (χ2n) is 6.30. The Balaban J connectivity index is 2.29. The van der Waals surface area contributed by atoms with Crippen molar-refractivity contribution in [1.82, 2.24) is 5.32 Å². The van der Waals surface area contributed by atoms with Crippen molar-refractivity contribution in [3.63, 3.8) is 0 Å². The van der Waals surface area contributed by atoms with Crippen LogP contribution in [0.5, 0.6) is 0 Å². The van der Waals surface area contributed by atoms with Gasteiger partial charge < -0.3 is 10.1 Å². The summed E-state index contributed by atoms with van der Waals surface area (Å²) in [5.41, 5.74) is 0.00364. The van der Waals surface area contributed by atoms with Crippen molar-refractivity contribution in [2.45, 2.75) is 65.5 Å². The number of nitrogens with one attached hydrogen (secondary N) is 1. The average Bonchev–Trinajstić information content (AvgIpc) is 2.08. The third-order valence-corrected chi connectivity index (χ3v) is 3.16. The first-order valence-corrected chi connectivity index (χ1v) is 6.18. The number of carbonyl (C=O) groups is 1. The van der Waals surface area contributed by atoms with Crippen LogP contribution in [0.25, 0.3) is 0 Å². The van der Waals surface area contributed by atoms with E-state index in [0.717, 1.165) is 6.54 Å². The molecular weight excluding hydrogens is 202 g/mol. The van der Waals surface area contributed by atoms with Gasteiger partial charge in [0.15, 0.2) is 0 Å². The first kappa shape index (κ1) is 13.5. The van der Waals surface area contributed by atoms with Crippen LogP contribution in [0.4, 0.5) is 0 Å². The maximum absolute atomic E-state index is 11.7. The number of carbonyl (C=O) groups excluding carboxylic acids is 1. The molecule has 0 heterocycles. The van der Waals surface area contributed by atoms with Crippen LogP contribution in [0, 0.1) is 5.41 Å². The zero-order valence-electron chi connectivity index (χ0n) is 11.2. The number of ether oxygens (including phenoxy) is 1. The van der Waals surface area contributed by atoms with Crippen LogP contribution in [0.2, 0.25) is 0 Å². The number of rotatable bonds is 4. The molecule has 1 aliphatic carbocycles. The van der Waals surface area contributed by atoms with Crippen LogP contribution in [0.3, 0.4) is 0 Å². The van der Waals surface area contributed by atoms with Crippen LogP contribution < -0.4 is 5.32 Å². The molecule has 1 unspecified atom stereocenters. The quantitative estimate of drug-likeness (QED) is 0.750. The van der Waals surface area contributed by atoms with Gasteiger partial charge in [-0.25, -0.2) is 0 Å². The summed E-state index contributed by atoms with van der Waals surface area (Å²) in [5.74, 6) is -0.157. The molecule has 3 nitrogen and oxygen atoms in total. The Morgan fingerprint density at radius 3 is 2.38 bits per heavy atom. The fourth-order valence-electron chi connectivity index (χ4n) is 1.83. The van der Waals surface area contributed by atoms with Gasteiger partial charge in [0.1, 0.15) is 11.6 Å². The largest absolute Gasteiger partial charge is 0.459 e. The molecule has 1 atom stereocenters. The molecule has 1 saturated carbocycles. The molecule has 3 heteroatoms. The van der Waals surface area contributed by atoms with E-state index in [1.807, 2.05) is 27.7 Å². The molecule has 0 aromatic heterocycles. The van der Waals surface area contributed by atoms with Crippen molar-refractivity contribution in [1.29, 1.82) is 0 Å².